The van der Waals surface area contributed by atoms with Gasteiger partial charge in [0, 0.05) is 12.8 Å². The Bertz CT molecular complexity index is 611. The van der Waals surface area contributed by atoms with E-state index in [-0.39, 0.29) is 25.2 Å². The van der Waals surface area contributed by atoms with E-state index in [4.69, 9.17) is 0 Å². The van der Waals surface area contributed by atoms with Crippen LogP contribution in [0.15, 0.2) is 0 Å². The highest BCUT2D eigenvalue weighted by atomic mass is 16.4. The van der Waals surface area contributed by atoms with E-state index >= 15 is 0 Å². The molecule has 8 heteroatoms. The van der Waals surface area contributed by atoms with Gasteiger partial charge in [0.2, 0.25) is 11.8 Å². The summed E-state index contributed by atoms with van der Waals surface area (Å²) in [6.45, 7) is 4.24. The molecule has 0 fully saturated rings. The van der Waals surface area contributed by atoms with Crippen LogP contribution in [0.1, 0.15) is 142 Å². The summed E-state index contributed by atoms with van der Waals surface area (Å²) in [5.74, 6) is -3.13. The number of nitrogens with one attached hydrogen (secondary N) is 2. The van der Waals surface area contributed by atoms with Crippen molar-refractivity contribution in [1.29, 1.82) is 0 Å². The number of hydrogen-bond acceptors (Lipinski definition) is 4. The van der Waals surface area contributed by atoms with Crippen molar-refractivity contribution >= 4 is 23.8 Å². The lowest BCUT2D eigenvalue weighted by atomic mass is 10.0. The van der Waals surface area contributed by atoms with E-state index in [1.807, 2.05) is 6.92 Å². The maximum atomic E-state index is 12.2. The standard InChI is InChI=1S/C28H52N2O6/c1-3-5-7-8-9-10-11-12-13-14-15-16-18-20-25(31)30-24(28(35)36)21-22-26(32)29-23(27(33)34)19-17-6-4-2/h23-24H,3-22H2,1-2H3,(H,29,32)(H,30,31)(H,33,34)(H,35,36)/t23-,24-/m0/s1. The molecule has 0 spiro atoms. The fraction of sp³-hybridized carbons (Fsp3) is 0.857. The van der Waals surface area contributed by atoms with E-state index in [2.05, 4.69) is 17.6 Å². The second kappa shape index (κ2) is 23.3. The number of carbonyl (C=O) groups excluding carboxylic acids is 2. The molecule has 36 heavy (non-hydrogen) atoms. The lowest BCUT2D eigenvalue weighted by Crippen LogP contribution is -2.43. The van der Waals surface area contributed by atoms with Crippen LogP contribution in [-0.2, 0) is 19.2 Å². The van der Waals surface area contributed by atoms with Gasteiger partial charge in [-0.05, 0) is 19.3 Å². The molecule has 0 aliphatic rings. The quantitative estimate of drug-likeness (QED) is 0.111. The summed E-state index contributed by atoms with van der Waals surface area (Å²) in [6, 6.07) is -2.13. The fourth-order valence-corrected chi connectivity index (χ4v) is 4.22. The first-order valence-corrected chi connectivity index (χ1v) is 14.4. The zero-order chi connectivity index (χ0) is 27.0. The molecular formula is C28H52N2O6. The van der Waals surface area contributed by atoms with Crippen molar-refractivity contribution in [2.45, 2.75) is 154 Å². The minimum absolute atomic E-state index is 0.0766. The molecule has 0 aromatic heterocycles. The number of hydrogen-bond donors (Lipinski definition) is 4. The van der Waals surface area contributed by atoms with Crippen LogP contribution in [0.4, 0.5) is 0 Å². The Morgan fingerprint density at radius 3 is 1.31 bits per heavy atom. The van der Waals surface area contributed by atoms with Crippen LogP contribution in [0.25, 0.3) is 0 Å². The van der Waals surface area contributed by atoms with Crippen molar-refractivity contribution in [3.05, 3.63) is 0 Å². The largest absolute Gasteiger partial charge is 0.480 e. The molecule has 0 saturated heterocycles. The number of carboxylic acids is 2. The molecule has 4 N–H and O–H groups in total. The van der Waals surface area contributed by atoms with Crippen LogP contribution in [-0.4, -0.2) is 46.0 Å². The second-order valence-electron chi connectivity index (χ2n) is 9.94. The molecule has 2 amide bonds. The van der Waals surface area contributed by atoms with Gasteiger partial charge in [-0.25, -0.2) is 9.59 Å². The molecule has 210 valence electrons. The van der Waals surface area contributed by atoms with Gasteiger partial charge in [-0.15, -0.1) is 0 Å². The van der Waals surface area contributed by atoms with Crippen molar-refractivity contribution in [3.8, 4) is 0 Å². The third-order valence-electron chi connectivity index (χ3n) is 6.53. The van der Waals surface area contributed by atoms with Crippen LogP contribution >= 0.6 is 0 Å². The van der Waals surface area contributed by atoms with Gasteiger partial charge in [0.25, 0.3) is 0 Å². The second-order valence-corrected chi connectivity index (χ2v) is 9.94. The molecule has 0 aromatic rings. The molecule has 0 bridgehead atoms. The van der Waals surface area contributed by atoms with Gasteiger partial charge in [0.1, 0.15) is 12.1 Å². The Kier molecular flexibility index (Phi) is 21.9. The number of carboxylic acid groups (broad SMARTS) is 2. The van der Waals surface area contributed by atoms with E-state index in [1.54, 1.807) is 0 Å². The van der Waals surface area contributed by atoms with E-state index in [0.717, 1.165) is 25.7 Å². The molecule has 0 saturated carbocycles. The molecule has 0 aliphatic heterocycles. The number of rotatable bonds is 25. The predicted octanol–water partition coefficient (Wildman–Crippen LogP) is 5.97. The average Bonchev–Trinajstić information content (AvgIpc) is 2.83. The lowest BCUT2D eigenvalue weighted by Gasteiger charge is -2.17. The minimum Gasteiger partial charge on any atom is -0.480 e. The predicted molar refractivity (Wildman–Crippen MR) is 143 cm³/mol. The van der Waals surface area contributed by atoms with Gasteiger partial charge in [-0.1, -0.05) is 110 Å². The molecule has 0 aromatic carbocycles. The Morgan fingerprint density at radius 1 is 0.500 bits per heavy atom. The smallest absolute Gasteiger partial charge is 0.326 e. The zero-order valence-corrected chi connectivity index (χ0v) is 22.8. The third kappa shape index (κ3) is 20.1. The summed E-state index contributed by atoms with van der Waals surface area (Å²) in [7, 11) is 0. The molecular weight excluding hydrogens is 460 g/mol. The SMILES string of the molecule is CCCCCCCCCCCCCCCC(=O)N[C@@H](CCC(=O)N[C@@H](CCCCC)C(=O)O)C(=O)O. The molecule has 8 nitrogen and oxygen atoms in total. The van der Waals surface area contributed by atoms with Crippen LogP contribution in [0.2, 0.25) is 0 Å². The van der Waals surface area contributed by atoms with Crippen LogP contribution < -0.4 is 10.6 Å². The Morgan fingerprint density at radius 2 is 0.861 bits per heavy atom. The summed E-state index contributed by atoms with van der Waals surface area (Å²) >= 11 is 0. The third-order valence-corrected chi connectivity index (χ3v) is 6.53. The number of amides is 2. The van der Waals surface area contributed by atoms with E-state index in [0.29, 0.717) is 19.3 Å². The van der Waals surface area contributed by atoms with Gasteiger partial charge in [-0.3, -0.25) is 9.59 Å². The number of carbonyl (C=O) groups is 4. The van der Waals surface area contributed by atoms with Gasteiger partial charge >= 0.3 is 11.9 Å². The van der Waals surface area contributed by atoms with Crippen molar-refractivity contribution in [2.24, 2.45) is 0 Å². The van der Waals surface area contributed by atoms with Gasteiger partial charge in [0.05, 0.1) is 0 Å². The number of unbranched alkanes of at least 4 members (excludes halogenated alkanes) is 14. The van der Waals surface area contributed by atoms with Crippen LogP contribution in [0, 0.1) is 0 Å². The van der Waals surface area contributed by atoms with Gasteiger partial charge in [0.15, 0.2) is 0 Å². The maximum absolute atomic E-state index is 12.2. The van der Waals surface area contributed by atoms with E-state index in [1.165, 1.54) is 64.2 Å². The molecule has 2 atom stereocenters. The highest BCUT2D eigenvalue weighted by molar-refractivity contribution is 5.86. The molecule has 0 heterocycles. The van der Waals surface area contributed by atoms with Crippen molar-refractivity contribution in [2.75, 3.05) is 0 Å². The summed E-state index contributed by atoms with van der Waals surface area (Å²) in [5.41, 5.74) is 0. The molecule has 0 radical (unpaired) electrons. The Balaban J connectivity index is 3.98. The topological polar surface area (TPSA) is 133 Å². The molecule has 0 rings (SSSR count). The summed E-state index contributed by atoms with van der Waals surface area (Å²) in [4.78, 5) is 47.1. The van der Waals surface area contributed by atoms with Crippen LogP contribution in [0.3, 0.4) is 0 Å². The highest BCUT2D eigenvalue weighted by Gasteiger charge is 2.23. The first-order chi connectivity index (χ1) is 17.3. The average molecular weight is 513 g/mol. The van der Waals surface area contributed by atoms with Crippen molar-refractivity contribution in [1.82, 2.24) is 10.6 Å². The molecule has 0 aliphatic carbocycles. The summed E-state index contributed by atoms with van der Waals surface area (Å²) in [6.07, 6.45) is 18.6. The summed E-state index contributed by atoms with van der Waals surface area (Å²) < 4.78 is 0. The van der Waals surface area contributed by atoms with E-state index in [9.17, 15) is 29.4 Å². The van der Waals surface area contributed by atoms with Gasteiger partial charge in [-0.2, -0.15) is 0 Å². The van der Waals surface area contributed by atoms with Crippen LogP contribution in [0.5, 0.6) is 0 Å². The normalized spacial score (nSPS) is 12.6. The Labute approximate surface area is 218 Å². The monoisotopic (exact) mass is 512 g/mol. The Hall–Kier alpha value is -2.12. The molecule has 0 unspecified atom stereocenters. The van der Waals surface area contributed by atoms with E-state index < -0.39 is 29.9 Å². The number of aliphatic carboxylic acids is 2. The minimum atomic E-state index is -1.20. The first-order valence-electron chi connectivity index (χ1n) is 14.4. The summed E-state index contributed by atoms with van der Waals surface area (Å²) in [5, 5.41) is 23.6. The van der Waals surface area contributed by atoms with Gasteiger partial charge < -0.3 is 20.8 Å². The van der Waals surface area contributed by atoms with Crippen molar-refractivity contribution < 1.29 is 29.4 Å². The maximum Gasteiger partial charge on any atom is 0.326 e. The highest BCUT2D eigenvalue weighted by Crippen LogP contribution is 2.13. The first kappa shape index (κ1) is 33.9. The van der Waals surface area contributed by atoms with Crippen molar-refractivity contribution in [3.63, 3.8) is 0 Å². The zero-order valence-electron chi connectivity index (χ0n) is 22.8. The fourth-order valence-electron chi connectivity index (χ4n) is 4.22. The lowest BCUT2D eigenvalue weighted by molar-refractivity contribution is -0.143.